The van der Waals surface area contributed by atoms with Crippen LogP contribution >= 0.6 is 0 Å². The van der Waals surface area contributed by atoms with E-state index in [2.05, 4.69) is 47.1 Å². The molecule has 0 fully saturated rings. The standard InChI is InChI=1S/C23H22N2O2/c1-3-25-21-8-6-5-7-19(21)20-15-17(11-14-22(20)25)24-23(26)16-9-12-18(13-10-16)27-4-2/h5-15H,3-4H2,1-2H3,(H,24,26). The minimum atomic E-state index is -0.128. The molecule has 0 saturated heterocycles. The van der Waals surface area contributed by atoms with E-state index < -0.39 is 0 Å². The van der Waals surface area contributed by atoms with Crippen LogP contribution < -0.4 is 10.1 Å². The summed E-state index contributed by atoms with van der Waals surface area (Å²) in [5, 5.41) is 5.36. The summed E-state index contributed by atoms with van der Waals surface area (Å²) in [6.45, 7) is 5.60. The van der Waals surface area contributed by atoms with E-state index >= 15 is 0 Å². The Labute approximate surface area is 158 Å². The van der Waals surface area contributed by atoms with Crippen molar-refractivity contribution in [3.63, 3.8) is 0 Å². The summed E-state index contributed by atoms with van der Waals surface area (Å²) in [4.78, 5) is 12.6. The molecule has 1 N–H and O–H groups in total. The summed E-state index contributed by atoms with van der Waals surface area (Å²) in [6.07, 6.45) is 0. The molecule has 4 rings (SSSR count). The van der Waals surface area contributed by atoms with Gasteiger partial charge in [-0.25, -0.2) is 0 Å². The van der Waals surface area contributed by atoms with Gasteiger partial charge >= 0.3 is 0 Å². The maximum atomic E-state index is 12.6. The van der Waals surface area contributed by atoms with E-state index in [1.54, 1.807) is 12.1 Å². The third-order valence-corrected chi connectivity index (χ3v) is 4.77. The van der Waals surface area contributed by atoms with E-state index in [1.807, 2.05) is 31.2 Å². The number of hydrogen-bond donors (Lipinski definition) is 1. The number of rotatable bonds is 5. The molecule has 4 nitrogen and oxygen atoms in total. The lowest BCUT2D eigenvalue weighted by Gasteiger charge is -2.08. The van der Waals surface area contributed by atoms with Crippen LogP contribution in [-0.2, 0) is 6.54 Å². The van der Waals surface area contributed by atoms with Crippen molar-refractivity contribution in [3.05, 3.63) is 72.3 Å². The lowest BCUT2D eigenvalue weighted by atomic mass is 10.1. The molecule has 0 saturated carbocycles. The number of ether oxygens (including phenoxy) is 1. The largest absolute Gasteiger partial charge is 0.494 e. The zero-order valence-electron chi connectivity index (χ0n) is 15.5. The Hall–Kier alpha value is -3.27. The topological polar surface area (TPSA) is 43.3 Å². The predicted molar refractivity (Wildman–Crippen MR) is 111 cm³/mol. The molecule has 0 aliphatic carbocycles. The summed E-state index contributed by atoms with van der Waals surface area (Å²) in [5.74, 6) is 0.638. The van der Waals surface area contributed by atoms with E-state index in [0.29, 0.717) is 12.2 Å². The molecule has 3 aromatic carbocycles. The van der Waals surface area contributed by atoms with Crippen molar-refractivity contribution in [3.8, 4) is 5.75 Å². The second-order valence-electron chi connectivity index (χ2n) is 6.40. The maximum Gasteiger partial charge on any atom is 0.255 e. The smallest absolute Gasteiger partial charge is 0.255 e. The molecule has 1 aromatic heterocycles. The second-order valence-corrected chi connectivity index (χ2v) is 6.40. The number of benzene rings is 3. The molecule has 0 bridgehead atoms. The molecule has 1 heterocycles. The molecule has 0 radical (unpaired) electrons. The minimum Gasteiger partial charge on any atom is -0.494 e. The van der Waals surface area contributed by atoms with Crippen molar-refractivity contribution in [2.24, 2.45) is 0 Å². The Kier molecular flexibility index (Phi) is 4.55. The molecule has 4 aromatic rings. The third kappa shape index (κ3) is 3.14. The average molecular weight is 358 g/mol. The van der Waals surface area contributed by atoms with Gasteiger partial charge in [0.2, 0.25) is 0 Å². The van der Waals surface area contributed by atoms with Gasteiger partial charge in [0, 0.05) is 39.6 Å². The zero-order valence-corrected chi connectivity index (χ0v) is 15.5. The Balaban J connectivity index is 1.66. The first-order valence-electron chi connectivity index (χ1n) is 9.26. The first-order chi connectivity index (χ1) is 13.2. The Morgan fingerprint density at radius 3 is 2.41 bits per heavy atom. The zero-order chi connectivity index (χ0) is 18.8. The molecule has 136 valence electrons. The van der Waals surface area contributed by atoms with Crippen LogP contribution in [0.3, 0.4) is 0 Å². The van der Waals surface area contributed by atoms with Crippen LogP contribution in [0.2, 0.25) is 0 Å². The fourth-order valence-corrected chi connectivity index (χ4v) is 3.54. The number of para-hydroxylation sites is 1. The van der Waals surface area contributed by atoms with Crippen molar-refractivity contribution in [1.82, 2.24) is 4.57 Å². The van der Waals surface area contributed by atoms with Gasteiger partial charge in [-0.15, -0.1) is 0 Å². The summed E-state index contributed by atoms with van der Waals surface area (Å²) < 4.78 is 7.72. The third-order valence-electron chi connectivity index (χ3n) is 4.77. The molecular formula is C23H22N2O2. The number of amides is 1. The number of nitrogens with zero attached hydrogens (tertiary/aromatic N) is 1. The van der Waals surface area contributed by atoms with Gasteiger partial charge < -0.3 is 14.6 Å². The second kappa shape index (κ2) is 7.16. The fourth-order valence-electron chi connectivity index (χ4n) is 3.54. The molecule has 0 aliphatic heterocycles. The van der Waals surface area contributed by atoms with E-state index in [0.717, 1.165) is 23.4 Å². The van der Waals surface area contributed by atoms with E-state index in [9.17, 15) is 4.79 Å². The molecule has 0 aliphatic rings. The van der Waals surface area contributed by atoms with Crippen LogP contribution in [0.5, 0.6) is 5.75 Å². The molecule has 0 unspecified atom stereocenters. The van der Waals surface area contributed by atoms with E-state index in [-0.39, 0.29) is 5.91 Å². The van der Waals surface area contributed by atoms with Crippen molar-refractivity contribution < 1.29 is 9.53 Å². The van der Waals surface area contributed by atoms with Crippen LogP contribution in [0, 0.1) is 0 Å². The summed E-state index contributed by atoms with van der Waals surface area (Å²) in [5.41, 5.74) is 3.79. The number of hydrogen-bond acceptors (Lipinski definition) is 2. The van der Waals surface area contributed by atoms with Gasteiger partial charge in [0.25, 0.3) is 5.91 Å². The number of aryl methyl sites for hydroxylation is 1. The van der Waals surface area contributed by atoms with Crippen LogP contribution in [0.15, 0.2) is 66.7 Å². The van der Waals surface area contributed by atoms with Crippen LogP contribution in [0.1, 0.15) is 24.2 Å². The lowest BCUT2D eigenvalue weighted by Crippen LogP contribution is -2.11. The molecule has 27 heavy (non-hydrogen) atoms. The van der Waals surface area contributed by atoms with Crippen molar-refractivity contribution in [2.45, 2.75) is 20.4 Å². The predicted octanol–water partition coefficient (Wildman–Crippen LogP) is 5.47. The Bertz CT molecular complexity index is 1110. The average Bonchev–Trinajstić information content (AvgIpc) is 3.02. The number of carbonyl (C=O) groups excluding carboxylic acids is 1. The lowest BCUT2D eigenvalue weighted by molar-refractivity contribution is 0.102. The molecule has 0 atom stereocenters. The van der Waals surface area contributed by atoms with Gasteiger partial charge in [-0.2, -0.15) is 0 Å². The van der Waals surface area contributed by atoms with Gasteiger partial charge in [0.1, 0.15) is 5.75 Å². The number of aromatic nitrogens is 1. The van der Waals surface area contributed by atoms with Crippen LogP contribution in [0.25, 0.3) is 21.8 Å². The highest BCUT2D eigenvalue weighted by molar-refractivity contribution is 6.11. The summed E-state index contributed by atoms with van der Waals surface area (Å²) in [6, 6.07) is 21.6. The van der Waals surface area contributed by atoms with E-state index in [1.165, 1.54) is 16.4 Å². The highest BCUT2D eigenvalue weighted by Crippen LogP contribution is 2.31. The van der Waals surface area contributed by atoms with Gasteiger partial charge in [-0.05, 0) is 62.4 Å². The number of anilines is 1. The van der Waals surface area contributed by atoms with Gasteiger partial charge in [-0.1, -0.05) is 18.2 Å². The highest BCUT2D eigenvalue weighted by Gasteiger charge is 2.11. The van der Waals surface area contributed by atoms with Crippen molar-refractivity contribution in [2.75, 3.05) is 11.9 Å². The highest BCUT2D eigenvalue weighted by atomic mass is 16.5. The molecular weight excluding hydrogens is 336 g/mol. The van der Waals surface area contributed by atoms with Gasteiger partial charge in [0.15, 0.2) is 0 Å². The normalized spacial score (nSPS) is 11.0. The summed E-state index contributed by atoms with van der Waals surface area (Å²) in [7, 11) is 0. The van der Waals surface area contributed by atoms with Crippen LogP contribution in [-0.4, -0.2) is 17.1 Å². The SMILES string of the molecule is CCOc1ccc(C(=O)Nc2ccc3c(c2)c2ccccc2n3CC)cc1. The maximum absolute atomic E-state index is 12.6. The first kappa shape index (κ1) is 17.2. The number of fused-ring (bicyclic) bond motifs is 3. The Morgan fingerprint density at radius 1 is 0.926 bits per heavy atom. The molecule has 1 amide bonds. The minimum absolute atomic E-state index is 0.128. The van der Waals surface area contributed by atoms with Crippen molar-refractivity contribution >= 4 is 33.4 Å². The quantitative estimate of drug-likeness (QED) is 0.514. The van der Waals surface area contributed by atoms with Crippen molar-refractivity contribution in [1.29, 1.82) is 0 Å². The van der Waals surface area contributed by atoms with E-state index in [4.69, 9.17) is 4.74 Å². The monoisotopic (exact) mass is 358 g/mol. The summed E-state index contributed by atoms with van der Waals surface area (Å²) >= 11 is 0. The van der Waals surface area contributed by atoms with Gasteiger partial charge in [-0.3, -0.25) is 4.79 Å². The van der Waals surface area contributed by atoms with Crippen LogP contribution in [0.4, 0.5) is 5.69 Å². The molecule has 4 heteroatoms. The molecule has 0 spiro atoms. The Morgan fingerprint density at radius 2 is 1.67 bits per heavy atom. The fraction of sp³-hybridized carbons (Fsp3) is 0.174. The number of carbonyl (C=O) groups is 1. The van der Waals surface area contributed by atoms with Gasteiger partial charge in [0.05, 0.1) is 6.61 Å². The number of nitrogens with one attached hydrogen (secondary N) is 1. The first-order valence-corrected chi connectivity index (χ1v) is 9.26.